The second-order valence-corrected chi connectivity index (χ2v) is 12.4. The number of hydrogen-bond donors (Lipinski definition) is 1. The second-order valence-electron chi connectivity index (χ2n) is 10.8. The summed E-state index contributed by atoms with van der Waals surface area (Å²) in [5, 5.41) is 9.71. The Morgan fingerprint density at radius 3 is 2.38 bits per heavy atom. The number of carbonyl (C=O) groups excluding carboxylic acids is 1. The number of carbonyl (C=O) groups is 1. The summed E-state index contributed by atoms with van der Waals surface area (Å²) in [6, 6.07) is 15.2. The molecule has 2 N–H and O–H groups in total. The Bertz CT molecular complexity index is 1440. The maximum Gasteiger partial charge on any atom is 0.273 e. The van der Waals surface area contributed by atoms with Crippen molar-refractivity contribution in [3.05, 3.63) is 83.2 Å². The number of sulfonamides is 1. The molecule has 1 aromatic heterocycles. The number of amides is 1. The van der Waals surface area contributed by atoms with E-state index in [1.54, 1.807) is 48.7 Å². The Hall–Kier alpha value is -3.15. The number of benzene rings is 2. The van der Waals surface area contributed by atoms with Crippen molar-refractivity contribution in [1.29, 1.82) is 0 Å². The number of aryl methyl sites for hydroxylation is 1. The number of likely N-dealkylation sites (tertiary alicyclic amines) is 2. The van der Waals surface area contributed by atoms with Crippen LogP contribution in [0.3, 0.4) is 0 Å². The quantitative estimate of drug-likeness (QED) is 0.437. The molecular weight excluding hydrogens is 536 g/mol. The van der Waals surface area contributed by atoms with E-state index in [0.29, 0.717) is 24.2 Å². The minimum atomic E-state index is -3.73. The summed E-state index contributed by atoms with van der Waals surface area (Å²) in [7, 11) is -3.73. The van der Waals surface area contributed by atoms with Crippen molar-refractivity contribution in [2.24, 2.45) is 5.14 Å². The van der Waals surface area contributed by atoms with E-state index in [4.69, 9.17) is 5.14 Å². The predicted molar refractivity (Wildman–Crippen MR) is 148 cm³/mol. The lowest BCUT2D eigenvalue weighted by Crippen LogP contribution is -2.35. The molecule has 2 aliphatic heterocycles. The Morgan fingerprint density at radius 2 is 1.75 bits per heavy atom. The van der Waals surface area contributed by atoms with Crippen LogP contribution in [0.2, 0.25) is 0 Å². The zero-order chi connectivity index (χ0) is 28.5. The summed E-state index contributed by atoms with van der Waals surface area (Å²) in [5.41, 5.74) is 2.79. The van der Waals surface area contributed by atoms with Gasteiger partial charge in [0.2, 0.25) is 10.0 Å². The highest BCUT2D eigenvalue weighted by molar-refractivity contribution is 7.89. The van der Waals surface area contributed by atoms with Crippen molar-refractivity contribution in [3.63, 3.8) is 0 Å². The van der Waals surface area contributed by atoms with Crippen LogP contribution in [-0.4, -0.2) is 66.0 Å². The largest absolute Gasteiger partial charge is 0.332 e. The highest BCUT2D eigenvalue weighted by Crippen LogP contribution is 2.41. The smallest absolute Gasteiger partial charge is 0.273 e. The number of alkyl halides is 2. The van der Waals surface area contributed by atoms with Gasteiger partial charge in [-0.15, -0.1) is 0 Å². The summed E-state index contributed by atoms with van der Waals surface area (Å²) in [6.07, 6.45) is 4.00. The fraction of sp³-hybridized carbons (Fsp3) is 0.448. The zero-order valence-electron chi connectivity index (χ0n) is 22.5. The fourth-order valence-electron chi connectivity index (χ4n) is 5.93. The van der Waals surface area contributed by atoms with Crippen LogP contribution < -0.4 is 5.14 Å². The third kappa shape index (κ3) is 5.96. The Kier molecular flexibility index (Phi) is 8.08. The molecular formula is C29H35F2N5O3S. The Morgan fingerprint density at radius 1 is 1.07 bits per heavy atom. The molecule has 2 saturated heterocycles. The Balaban J connectivity index is 1.29. The number of aromatic nitrogens is 2. The van der Waals surface area contributed by atoms with Gasteiger partial charge in [0.1, 0.15) is 0 Å². The molecule has 40 heavy (non-hydrogen) atoms. The molecule has 5 rings (SSSR count). The van der Waals surface area contributed by atoms with E-state index < -0.39 is 28.4 Å². The topological polar surface area (TPSA) is 102 Å². The molecule has 1 atom stereocenters. The molecule has 0 bridgehead atoms. The zero-order valence-corrected chi connectivity index (χ0v) is 23.4. The average Bonchev–Trinajstić information content (AvgIpc) is 3.49. The lowest BCUT2D eigenvalue weighted by Gasteiger charge is -2.33. The van der Waals surface area contributed by atoms with Gasteiger partial charge in [0, 0.05) is 25.6 Å². The van der Waals surface area contributed by atoms with E-state index in [-0.39, 0.29) is 23.3 Å². The van der Waals surface area contributed by atoms with Crippen molar-refractivity contribution in [3.8, 4) is 0 Å². The highest BCUT2D eigenvalue weighted by Gasteiger charge is 2.50. The maximum atomic E-state index is 15.0. The molecule has 1 amide bonds. The lowest BCUT2D eigenvalue weighted by molar-refractivity contribution is -0.00244. The average molecular weight is 572 g/mol. The molecule has 0 aliphatic carbocycles. The Labute approximate surface area is 233 Å². The third-order valence-corrected chi connectivity index (χ3v) is 8.91. The molecule has 11 heteroatoms. The number of primary sulfonamides is 1. The van der Waals surface area contributed by atoms with Gasteiger partial charge in [-0.2, -0.15) is 5.10 Å². The molecule has 0 spiro atoms. The number of halogens is 2. The van der Waals surface area contributed by atoms with Crippen molar-refractivity contribution < 1.29 is 22.0 Å². The van der Waals surface area contributed by atoms with Crippen LogP contribution in [0.25, 0.3) is 0 Å². The van der Waals surface area contributed by atoms with Gasteiger partial charge in [0.25, 0.3) is 11.8 Å². The molecule has 0 radical (unpaired) electrons. The first-order valence-electron chi connectivity index (χ1n) is 13.7. The normalized spacial score (nSPS) is 20.2. The van der Waals surface area contributed by atoms with Crippen molar-refractivity contribution in [2.45, 2.75) is 61.9 Å². The van der Waals surface area contributed by atoms with E-state index in [2.05, 4.69) is 10.00 Å². The monoisotopic (exact) mass is 571 g/mol. The molecule has 0 unspecified atom stereocenters. The van der Waals surface area contributed by atoms with Gasteiger partial charge in [-0.05, 0) is 55.6 Å². The summed E-state index contributed by atoms with van der Waals surface area (Å²) in [6.45, 7) is 4.30. The molecule has 8 nitrogen and oxygen atoms in total. The third-order valence-electron chi connectivity index (χ3n) is 7.98. The molecule has 214 valence electrons. The van der Waals surface area contributed by atoms with Crippen LogP contribution in [0, 0.1) is 0 Å². The number of piperidine rings is 1. The first-order valence-corrected chi connectivity index (χ1v) is 15.2. The molecule has 2 fully saturated rings. The number of hydrogen-bond acceptors (Lipinski definition) is 5. The lowest BCUT2D eigenvalue weighted by atomic mass is 9.90. The minimum Gasteiger partial charge on any atom is -0.332 e. The van der Waals surface area contributed by atoms with Crippen molar-refractivity contribution >= 4 is 15.9 Å². The van der Waals surface area contributed by atoms with Crippen molar-refractivity contribution in [2.75, 3.05) is 26.2 Å². The van der Waals surface area contributed by atoms with E-state index in [1.165, 1.54) is 17.0 Å². The van der Waals surface area contributed by atoms with Gasteiger partial charge in [0.15, 0.2) is 0 Å². The van der Waals surface area contributed by atoms with Gasteiger partial charge >= 0.3 is 0 Å². The first-order chi connectivity index (χ1) is 19.1. The van der Waals surface area contributed by atoms with E-state index in [9.17, 15) is 13.2 Å². The van der Waals surface area contributed by atoms with Crippen LogP contribution in [0.1, 0.15) is 65.2 Å². The van der Waals surface area contributed by atoms with Gasteiger partial charge < -0.3 is 4.90 Å². The summed E-state index contributed by atoms with van der Waals surface area (Å²) in [5.74, 6) is -4.34. The first kappa shape index (κ1) is 28.4. The van der Waals surface area contributed by atoms with Crippen LogP contribution in [0.5, 0.6) is 0 Å². The van der Waals surface area contributed by atoms with Gasteiger partial charge in [-0.1, -0.05) is 49.4 Å². The minimum absolute atomic E-state index is 0.0308. The highest BCUT2D eigenvalue weighted by atomic mass is 32.2. The molecule has 3 heterocycles. The van der Waals surface area contributed by atoms with E-state index >= 15 is 8.78 Å². The van der Waals surface area contributed by atoms with Crippen LogP contribution in [0.15, 0.2) is 65.7 Å². The second kappa shape index (κ2) is 11.4. The molecule has 3 aromatic rings. The summed E-state index contributed by atoms with van der Waals surface area (Å²) < 4.78 is 55.0. The fourth-order valence-corrected chi connectivity index (χ4v) is 6.45. The molecule has 0 saturated carbocycles. The molecule has 2 aliphatic rings. The number of nitrogens with two attached hydrogens (primary N) is 1. The van der Waals surface area contributed by atoms with E-state index in [1.807, 2.05) is 11.6 Å². The van der Waals surface area contributed by atoms with Gasteiger partial charge in [-0.25, -0.2) is 22.3 Å². The molecule has 2 aromatic carbocycles. The van der Waals surface area contributed by atoms with Crippen molar-refractivity contribution in [1.82, 2.24) is 19.6 Å². The van der Waals surface area contributed by atoms with Gasteiger partial charge in [0.05, 0.1) is 34.8 Å². The standard InChI is InChI=1S/C29H35F2N5O3S/c1-2-14-36-27(23-12-15-34(16-13-23)18-21-8-10-24(11-9-21)40(32,38)39)25(17-33-36)28(37)35-19-26(29(30,31)20-35)22-6-4-3-5-7-22/h3-11,17,23,26H,2,12-16,18-20H2,1H3,(H2,32,38,39)/t26-/m0/s1. The van der Waals surface area contributed by atoms with Gasteiger partial charge in [-0.3, -0.25) is 14.4 Å². The van der Waals surface area contributed by atoms with Crippen LogP contribution >= 0.6 is 0 Å². The van der Waals surface area contributed by atoms with Crippen LogP contribution in [0.4, 0.5) is 8.78 Å². The maximum absolute atomic E-state index is 15.0. The van der Waals surface area contributed by atoms with E-state index in [0.717, 1.165) is 43.6 Å². The number of rotatable bonds is 8. The number of nitrogens with zero attached hydrogens (tertiary/aromatic N) is 4. The SMILES string of the molecule is CCCn1ncc(C(=O)N2C[C@@H](c3ccccc3)C(F)(F)C2)c1C1CCN(Cc2ccc(S(N)(=O)=O)cc2)CC1. The van der Waals surface area contributed by atoms with Crippen LogP contribution in [-0.2, 0) is 23.1 Å². The summed E-state index contributed by atoms with van der Waals surface area (Å²) >= 11 is 0. The summed E-state index contributed by atoms with van der Waals surface area (Å²) in [4.78, 5) is 17.3. The predicted octanol–water partition coefficient (Wildman–Crippen LogP) is 4.20.